The maximum absolute atomic E-state index is 11.7. The molecule has 0 saturated heterocycles. The van der Waals surface area contributed by atoms with E-state index in [9.17, 15) is 9.90 Å². The lowest BCUT2D eigenvalue weighted by atomic mass is 9.67. The fourth-order valence-corrected chi connectivity index (χ4v) is 3.44. The highest BCUT2D eigenvalue weighted by Crippen LogP contribution is 2.40. The van der Waals surface area contributed by atoms with E-state index in [0.29, 0.717) is 17.4 Å². The Balaban J connectivity index is 2.02. The highest BCUT2D eigenvalue weighted by molar-refractivity contribution is 5.92. The van der Waals surface area contributed by atoms with Crippen LogP contribution in [-0.4, -0.2) is 23.2 Å². The van der Waals surface area contributed by atoms with Crippen molar-refractivity contribution in [3.8, 4) is 0 Å². The van der Waals surface area contributed by atoms with Gasteiger partial charge in [-0.15, -0.1) is 0 Å². The summed E-state index contributed by atoms with van der Waals surface area (Å²) in [6.45, 7) is 5.42. The van der Waals surface area contributed by atoms with Crippen molar-refractivity contribution in [2.24, 2.45) is 11.8 Å². The summed E-state index contributed by atoms with van der Waals surface area (Å²) in [6.07, 6.45) is 6.28. The second kappa shape index (κ2) is 5.21. The number of carbonyl (C=O) groups excluding carboxylic acids is 1. The van der Waals surface area contributed by atoms with Gasteiger partial charge in [-0.3, -0.25) is 4.79 Å². The zero-order valence-electron chi connectivity index (χ0n) is 10.6. The van der Waals surface area contributed by atoms with Crippen molar-refractivity contribution in [3.63, 3.8) is 0 Å². The normalized spacial score (nSPS) is 37.1. The van der Waals surface area contributed by atoms with Crippen LogP contribution in [0.3, 0.4) is 0 Å². The van der Waals surface area contributed by atoms with Crippen LogP contribution >= 0.6 is 0 Å². The van der Waals surface area contributed by atoms with Gasteiger partial charge in [0, 0.05) is 11.6 Å². The van der Waals surface area contributed by atoms with Crippen LogP contribution < -0.4 is 5.32 Å². The Morgan fingerprint density at radius 1 is 1.18 bits per heavy atom. The molecule has 0 aromatic rings. The molecule has 0 aromatic carbocycles. The second-order valence-corrected chi connectivity index (χ2v) is 5.62. The molecular weight excluding hydrogens is 214 g/mol. The molecule has 2 saturated carbocycles. The second-order valence-electron chi connectivity index (χ2n) is 5.62. The summed E-state index contributed by atoms with van der Waals surface area (Å²) in [4.78, 5) is 11.7. The van der Waals surface area contributed by atoms with Gasteiger partial charge in [0.05, 0.1) is 6.10 Å². The molecule has 3 heteroatoms. The molecule has 0 bridgehead atoms. The molecule has 2 aliphatic carbocycles. The summed E-state index contributed by atoms with van der Waals surface area (Å²) in [5, 5.41) is 13.1. The maximum Gasteiger partial charge on any atom is 0.246 e. The monoisotopic (exact) mass is 237 g/mol. The summed E-state index contributed by atoms with van der Waals surface area (Å²) < 4.78 is 0. The molecule has 4 unspecified atom stereocenters. The van der Waals surface area contributed by atoms with Gasteiger partial charge in [0.15, 0.2) is 0 Å². The minimum Gasteiger partial charge on any atom is -0.393 e. The van der Waals surface area contributed by atoms with E-state index < -0.39 is 0 Å². The van der Waals surface area contributed by atoms with Gasteiger partial charge in [0.2, 0.25) is 5.91 Å². The molecule has 4 atom stereocenters. The van der Waals surface area contributed by atoms with Crippen molar-refractivity contribution < 1.29 is 9.90 Å². The first-order valence-electron chi connectivity index (χ1n) is 6.74. The largest absolute Gasteiger partial charge is 0.393 e. The first-order valence-corrected chi connectivity index (χ1v) is 6.74. The lowest BCUT2D eigenvalue weighted by Gasteiger charge is -2.44. The molecule has 0 spiro atoms. The Hall–Kier alpha value is -0.830. The van der Waals surface area contributed by atoms with Crippen LogP contribution in [0.4, 0.5) is 0 Å². The number of hydrogen-bond donors (Lipinski definition) is 2. The third-order valence-electron chi connectivity index (χ3n) is 4.36. The van der Waals surface area contributed by atoms with E-state index in [1.165, 1.54) is 0 Å². The predicted molar refractivity (Wildman–Crippen MR) is 67.4 cm³/mol. The zero-order valence-corrected chi connectivity index (χ0v) is 10.6. The molecule has 2 rings (SSSR count). The fourth-order valence-electron chi connectivity index (χ4n) is 3.44. The maximum atomic E-state index is 11.7. The summed E-state index contributed by atoms with van der Waals surface area (Å²) in [5.41, 5.74) is 0.573. The van der Waals surface area contributed by atoms with Crippen LogP contribution in [0.5, 0.6) is 0 Å². The van der Waals surface area contributed by atoms with E-state index in [0.717, 1.165) is 38.5 Å². The molecular formula is C14H23NO2. The van der Waals surface area contributed by atoms with E-state index in [1.54, 1.807) is 6.92 Å². The smallest absolute Gasteiger partial charge is 0.246 e. The van der Waals surface area contributed by atoms with Crippen LogP contribution in [0.2, 0.25) is 0 Å². The molecule has 96 valence electrons. The Morgan fingerprint density at radius 3 is 2.53 bits per heavy atom. The van der Waals surface area contributed by atoms with Gasteiger partial charge in [-0.2, -0.15) is 0 Å². The van der Waals surface area contributed by atoms with E-state index in [1.807, 2.05) is 0 Å². The van der Waals surface area contributed by atoms with Crippen molar-refractivity contribution in [1.82, 2.24) is 5.32 Å². The Bertz CT molecular complexity index is 313. The number of fused-ring (bicyclic) bond motifs is 1. The van der Waals surface area contributed by atoms with E-state index in [2.05, 4.69) is 11.9 Å². The number of aliphatic hydroxyl groups excluding tert-OH is 1. The third kappa shape index (κ3) is 2.71. The van der Waals surface area contributed by atoms with E-state index in [4.69, 9.17) is 0 Å². The van der Waals surface area contributed by atoms with Crippen molar-refractivity contribution in [3.05, 3.63) is 12.2 Å². The Labute approximate surface area is 103 Å². The predicted octanol–water partition coefficient (Wildman–Crippen LogP) is 2.01. The quantitative estimate of drug-likeness (QED) is 0.722. The average Bonchev–Trinajstić information content (AvgIpc) is 2.30. The van der Waals surface area contributed by atoms with Gasteiger partial charge in [0.25, 0.3) is 0 Å². The van der Waals surface area contributed by atoms with Gasteiger partial charge in [-0.05, 0) is 44.4 Å². The van der Waals surface area contributed by atoms with Crippen LogP contribution in [0, 0.1) is 11.8 Å². The summed E-state index contributed by atoms with van der Waals surface area (Å²) >= 11 is 0. The summed E-state index contributed by atoms with van der Waals surface area (Å²) in [6, 6.07) is 0.243. The number of aliphatic hydroxyl groups is 1. The van der Waals surface area contributed by atoms with E-state index >= 15 is 0 Å². The van der Waals surface area contributed by atoms with Gasteiger partial charge < -0.3 is 10.4 Å². The summed E-state index contributed by atoms with van der Waals surface area (Å²) in [7, 11) is 0. The minimum atomic E-state index is -0.154. The third-order valence-corrected chi connectivity index (χ3v) is 4.36. The number of carbonyl (C=O) groups is 1. The van der Waals surface area contributed by atoms with Gasteiger partial charge in [-0.1, -0.05) is 19.4 Å². The van der Waals surface area contributed by atoms with Crippen LogP contribution in [0.15, 0.2) is 12.2 Å². The van der Waals surface area contributed by atoms with Gasteiger partial charge in [-0.25, -0.2) is 0 Å². The number of amides is 1. The first-order chi connectivity index (χ1) is 8.09. The number of hydrogen-bond acceptors (Lipinski definition) is 2. The molecule has 0 heterocycles. The molecule has 0 aromatic heterocycles. The van der Waals surface area contributed by atoms with Crippen LogP contribution in [0.1, 0.15) is 45.4 Å². The number of rotatable bonds is 2. The Kier molecular flexibility index (Phi) is 3.87. The summed E-state index contributed by atoms with van der Waals surface area (Å²) in [5.74, 6) is 0.833. The van der Waals surface area contributed by atoms with Gasteiger partial charge >= 0.3 is 0 Å². The molecule has 2 fully saturated rings. The van der Waals surface area contributed by atoms with Crippen molar-refractivity contribution in [1.29, 1.82) is 0 Å². The number of nitrogens with one attached hydrogen (secondary N) is 1. The Morgan fingerprint density at radius 2 is 1.82 bits per heavy atom. The molecule has 17 heavy (non-hydrogen) atoms. The van der Waals surface area contributed by atoms with Crippen molar-refractivity contribution >= 4 is 5.91 Å². The highest BCUT2D eigenvalue weighted by Gasteiger charge is 2.39. The molecule has 2 N–H and O–H groups in total. The molecule has 0 radical (unpaired) electrons. The molecule has 1 amide bonds. The first kappa shape index (κ1) is 12.6. The average molecular weight is 237 g/mol. The SMILES string of the molecule is C=C(C)C(=O)NC1CCCC2C(O)CCCC12. The molecule has 2 aliphatic rings. The van der Waals surface area contributed by atoms with Crippen LogP contribution in [0.25, 0.3) is 0 Å². The molecule has 0 aliphatic heterocycles. The molecule has 3 nitrogen and oxygen atoms in total. The zero-order chi connectivity index (χ0) is 12.4. The minimum absolute atomic E-state index is 0.0317. The topological polar surface area (TPSA) is 49.3 Å². The van der Waals surface area contributed by atoms with Crippen molar-refractivity contribution in [2.45, 2.75) is 57.6 Å². The standard InChI is InChI=1S/C14H23NO2/c1-9(2)14(17)15-12-7-3-6-11-10(12)5-4-8-13(11)16/h10-13,16H,1,3-8H2,2H3,(H,15,17). The van der Waals surface area contributed by atoms with Crippen LogP contribution in [-0.2, 0) is 4.79 Å². The van der Waals surface area contributed by atoms with E-state index in [-0.39, 0.29) is 18.1 Å². The lowest BCUT2D eigenvalue weighted by molar-refractivity contribution is -0.119. The highest BCUT2D eigenvalue weighted by atomic mass is 16.3. The lowest BCUT2D eigenvalue weighted by Crippen LogP contribution is -2.49. The fraction of sp³-hybridized carbons (Fsp3) is 0.786. The van der Waals surface area contributed by atoms with Crippen molar-refractivity contribution in [2.75, 3.05) is 0 Å². The van der Waals surface area contributed by atoms with Gasteiger partial charge in [0.1, 0.15) is 0 Å².